The lowest BCUT2D eigenvalue weighted by Crippen LogP contribution is -2.35. The van der Waals surface area contributed by atoms with Crippen LogP contribution >= 0.6 is 0 Å². The molecule has 0 aromatic heterocycles. The highest BCUT2D eigenvalue weighted by molar-refractivity contribution is 6.01. The summed E-state index contributed by atoms with van der Waals surface area (Å²) >= 11 is 0. The Labute approximate surface area is 123 Å². The standard InChI is InChI=1S/C15H20N2O4/c1-3-8-21-12-6-4-11(5-7-12)13(18)9-17-14(19)10-16(2)15(17)20/h4-7,13,18H,3,8-10H2,1-2H3. The predicted molar refractivity (Wildman–Crippen MR) is 76.9 cm³/mol. The van der Waals surface area contributed by atoms with E-state index in [0.29, 0.717) is 12.2 Å². The summed E-state index contributed by atoms with van der Waals surface area (Å²) in [5.41, 5.74) is 0.647. The molecular formula is C15H20N2O4. The van der Waals surface area contributed by atoms with Crippen molar-refractivity contribution in [1.29, 1.82) is 0 Å². The van der Waals surface area contributed by atoms with E-state index in [1.165, 1.54) is 4.90 Å². The zero-order chi connectivity index (χ0) is 15.4. The summed E-state index contributed by atoms with van der Waals surface area (Å²) in [6, 6.07) is 6.65. The number of β-amino-alcohol motifs (C(OH)–C–C–N with tert-alkyl or cyclic N) is 1. The molecule has 6 heteroatoms. The molecule has 2 rings (SSSR count). The maximum Gasteiger partial charge on any atom is 0.327 e. The number of benzene rings is 1. The highest BCUT2D eigenvalue weighted by Gasteiger charge is 2.34. The third-order valence-corrected chi connectivity index (χ3v) is 3.32. The van der Waals surface area contributed by atoms with E-state index in [4.69, 9.17) is 4.74 Å². The third kappa shape index (κ3) is 3.52. The first-order chi connectivity index (χ1) is 10.0. The molecule has 1 N–H and O–H groups in total. The Kier molecular flexibility index (Phi) is 4.80. The highest BCUT2D eigenvalue weighted by atomic mass is 16.5. The summed E-state index contributed by atoms with van der Waals surface area (Å²) in [5, 5.41) is 10.2. The summed E-state index contributed by atoms with van der Waals surface area (Å²) in [4.78, 5) is 25.8. The van der Waals surface area contributed by atoms with Crippen LogP contribution in [0, 0.1) is 0 Å². The van der Waals surface area contributed by atoms with Gasteiger partial charge in [0.2, 0.25) is 5.91 Å². The van der Waals surface area contributed by atoms with Crippen LogP contribution in [0.15, 0.2) is 24.3 Å². The smallest absolute Gasteiger partial charge is 0.327 e. The summed E-state index contributed by atoms with van der Waals surface area (Å²) in [6.07, 6.45) is 0.0292. The van der Waals surface area contributed by atoms with E-state index in [2.05, 4.69) is 0 Å². The average molecular weight is 292 g/mol. The van der Waals surface area contributed by atoms with Crippen molar-refractivity contribution in [2.75, 3.05) is 26.7 Å². The molecule has 1 unspecified atom stereocenters. The number of urea groups is 1. The van der Waals surface area contributed by atoms with Crippen molar-refractivity contribution < 1.29 is 19.4 Å². The fourth-order valence-corrected chi connectivity index (χ4v) is 2.13. The minimum absolute atomic E-state index is 0.0306. The molecular weight excluding hydrogens is 272 g/mol. The number of hydrogen-bond acceptors (Lipinski definition) is 4. The van der Waals surface area contributed by atoms with Crippen LogP contribution in [-0.4, -0.2) is 53.6 Å². The van der Waals surface area contributed by atoms with Gasteiger partial charge in [-0.25, -0.2) is 4.79 Å². The molecule has 0 aliphatic carbocycles. The molecule has 3 amide bonds. The maximum absolute atomic E-state index is 11.8. The number of carbonyl (C=O) groups excluding carboxylic acids is 2. The first-order valence-electron chi connectivity index (χ1n) is 6.99. The number of imide groups is 1. The molecule has 0 saturated carbocycles. The van der Waals surface area contributed by atoms with Gasteiger partial charge in [0.25, 0.3) is 0 Å². The second-order valence-corrected chi connectivity index (χ2v) is 5.08. The van der Waals surface area contributed by atoms with Crippen molar-refractivity contribution in [3.05, 3.63) is 29.8 Å². The van der Waals surface area contributed by atoms with Crippen LogP contribution in [0.25, 0.3) is 0 Å². The van der Waals surface area contributed by atoms with Crippen LogP contribution < -0.4 is 4.74 Å². The Hall–Kier alpha value is -2.08. The van der Waals surface area contributed by atoms with Gasteiger partial charge in [0.15, 0.2) is 0 Å². The van der Waals surface area contributed by atoms with Crippen LogP contribution in [0.2, 0.25) is 0 Å². The van der Waals surface area contributed by atoms with Crippen molar-refractivity contribution in [2.45, 2.75) is 19.4 Å². The largest absolute Gasteiger partial charge is 0.494 e. The van der Waals surface area contributed by atoms with Gasteiger partial charge in [-0.15, -0.1) is 0 Å². The summed E-state index contributed by atoms with van der Waals surface area (Å²) in [7, 11) is 1.56. The van der Waals surface area contributed by atoms with Crippen LogP contribution in [0.5, 0.6) is 5.75 Å². The topological polar surface area (TPSA) is 70.1 Å². The minimum atomic E-state index is -0.898. The van der Waals surface area contributed by atoms with Crippen molar-refractivity contribution in [3.63, 3.8) is 0 Å². The van der Waals surface area contributed by atoms with Crippen molar-refractivity contribution in [3.8, 4) is 5.75 Å². The SMILES string of the molecule is CCCOc1ccc(C(O)CN2C(=O)CN(C)C2=O)cc1. The number of carbonyl (C=O) groups is 2. The first-order valence-corrected chi connectivity index (χ1v) is 6.99. The number of aliphatic hydroxyl groups is 1. The van der Waals surface area contributed by atoms with E-state index >= 15 is 0 Å². The lowest BCUT2D eigenvalue weighted by molar-refractivity contribution is -0.126. The molecule has 0 radical (unpaired) electrons. The Morgan fingerprint density at radius 3 is 2.48 bits per heavy atom. The Morgan fingerprint density at radius 2 is 1.95 bits per heavy atom. The van der Waals surface area contributed by atoms with Crippen LogP contribution in [0.1, 0.15) is 25.0 Å². The summed E-state index contributed by atoms with van der Waals surface area (Å²) in [6.45, 7) is 2.71. The van der Waals surface area contributed by atoms with Crippen LogP contribution in [0.3, 0.4) is 0 Å². The number of likely N-dealkylation sites (N-methyl/N-ethyl adjacent to an activating group) is 1. The van der Waals surface area contributed by atoms with Gasteiger partial charge in [-0.05, 0) is 24.1 Å². The normalized spacial score (nSPS) is 16.5. The molecule has 1 saturated heterocycles. The average Bonchev–Trinajstić information content (AvgIpc) is 2.72. The second-order valence-electron chi connectivity index (χ2n) is 5.08. The molecule has 114 valence electrons. The van der Waals surface area contributed by atoms with Crippen molar-refractivity contribution in [1.82, 2.24) is 9.80 Å². The van der Waals surface area contributed by atoms with E-state index in [-0.39, 0.29) is 25.0 Å². The number of ether oxygens (including phenoxy) is 1. The molecule has 6 nitrogen and oxygen atoms in total. The highest BCUT2D eigenvalue weighted by Crippen LogP contribution is 2.20. The van der Waals surface area contributed by atoms with Gasteiger partial charge in [0.05, 0.1) is 19.3 Å². The quantitative estimate of drug-likeness (QED) is 0.805. The molecule has 1 aromatic rings. The zero-order valence-corrected chi connectivity index (χ0v) is 12.3. The molecule has 0 bridgehead atoms. The van der Waals surface area contributed by atoms with E-state index < -0.39 is 6.10 Å². The van der Waals surface area contributed by atoms with Gasteiger partial charge in [0.1, 0.15) is 12.3 Å². The van der Waals surface area contributed by atoms with E-state index in [9.17, 15) is 14.7 Å². The van der Waals surface area contributed by atoms with Gasteiger partial charge in [-0.3, -0.25) is 9.69 Å². The fraction of sp³-hybridized carbons (Fsp3) is 0.467. The molecule has 21 heavy (non-hydrogen) atoms. The van der Waals surface area contributed by atoms with Gasteiger partial charge < -0.3 is 14.7 Å². The van der Waals surface area contributed by atoms with Gasteiger partial charge in [0, 0.05) is 7.05 Å². The van der Waals surface area contributed by atoms with E-state index in [1.807, 2.05) is 6.92 Å². The van der Waals surface area contributed by atoms with E-state index in [1.54, 1.807) is 31.3 Å². The predicted octanol–water partition coefficient (Wildman–Crippen LogP) is 1.40. The minimum Gasteiger partial charge on any atom is -0.494 e. The zero-order valence-electron chi connectivity index (χ0n) is 12.3. The summed E-state index contributed by atoms with van der Waals surface area (Å²) in [5.74, 6) is 0.449. The lowest BCUT2D eigenvalue weighted by atomic mass is 10.1. The number of hydrogen-bond donors (Lipinski definition) is 1. The second kappa shape index (κ2) is 6.58. The molecule has 1 heterocycles. The number of amides is 3. The Bertz CT molecular complexity index is 515. The fourth-order valence-electron chi connectivity index (χ4n) is 2.13. The van der Waals surface area contributed by atoms with Gasteiger partial charge in [-0.1, -0.05) is 19.1 Å². The van der Waals surface area contributed by atoms with Gasteiger partial charge >= 0.3 is 6.03 Å². The lowest BCUT2D eigenvalue weighted by Gasteiger charge is -2.18. The van der Waals surface area contributed by atoms with Crippen molar-refractivity contribution >= 4 is 11.9 Å². The Morgan fingerprint density at radius 1 is 1.29 bits per heavy atom. The van der Waals surface area contributed by atoms with Crippen LogP contribution in [-0.2, 0) is 4.79 Å². The number of aliphatic hydroxyl groups excluding tert-OH is 1. The van der Waals surface area contributed by atoms with E-state index in [0.717, 1.165) is 17.1 Å². The molecule has 1 fully saturated rings. The van der Waals surface area contributed by atoms with Crippen LogP contribution in [0.4, 0.5) is 4.79 Å². The number of rotatable bonds is 6. The molecule has 0 spiro atoms. The van der Waals surface area contributed by atoms with Crippen molar-refractivity contribution in [2.24, 2.45) is 0 Å². The molecule has 1 aliphatic rings. The maximum atomic E-state index is 11.8. The molecule has 1 aliphatic heterocycles. The molecule has 1 atom stereocenters. The monoisotopic (exact) mass is 292 g/mol. The number of nitrogens with zero attached hydrogens (tertiary/aromatic N) is 2. The Balaban J connectivity index is 1.98. The first kappa shape index (κ1) is 15.3. The summed E-state index contributed by atoms with van der Waals surface area (Å²) < 4.78 is 5.46. The van der Waals surface area contributed by atoms with Gasteiger partial charge in [-0.2, -0.15) is 0 Å². The third-order valence-electron chi connectivity index (χ3n) is 3.32. The molecule has 1 aromatic carbocycles.